The molecule has 0 aliphatic carbocycles. The van der Waals surface area contributed by atoms with E-state index in [-0.39, 0.29) is 50.0 Å². The first-order valence-corrected chi connectivity index (χ1v) is 10.4. The van der Waals surface area contributed by atoms with E-state index < -0.39 is 47.7 Å². The molecular weight excluding hydrogens is 429 g/mol. The highest BCUT2D eigenvalue weighted by molar-refractivity contribution is 6.23. The van der Waals surface area contributed by atoms with Crippen LogP contribution in [0, 0.1) is 11.8 Å². The van der Waals surface area contributed by atoms with Crippen LogP contribution in [0.3, 0.4) is 0 Å². The highest BCUT2D eigenvalue weighted by atomic mass is 19.4. The number of hydrogen-bond donors (Lipinski definition) is 2. The molecular formula is C21H23F3N4O4. The molecule has 3 unspecified atom stereocenters. The van der Waals surface area contributed by atoms with Gasteiger partial charge in [-0.1, -0.05) is 6.07 Å². The molecule has 8 nitrogen and oxygen atoms in total. The Morgan fingerprint density at radius 3 is 2.44 bits per heavy atom. The fourth-order valence-electron chi connectivity index (χ4n) is 4.80. The zero-order valence-corrected chi connectivity index (χ0v) is 17.2. The zero-order chi connectivity index (χ0) is 23.2. The van der Waals surface area contributed by atoms with E-state index in [0.717, 1.165) is 4.90 Å². The lowest BCUT2D eigenvalue weighted by Gasteiger charge is -2.39. The summed E-state index contributed by atoms with van der Waals surface area (Å²) in [7, 11) is 0. The summed E-state index contributed by atoms with van der Waals surface area (Å²) in [6.07, 6.45) is -4.23. The number of nitrogens with zero attached hydrogens (tertiary/aromatic N) is 2. The molecule has 0 radical (unpaired) electrons. The third kappa shape index (κ3) is 4.02. The number of imide groups is 2. The van der Waals surface area contributed by atoms with Crippen molar-refractivity contribution < 1.29 is 32.3 Å². The molecule has 3 aliphatic heterocycles. The Bertz CT molecular complexity index is 980. The molecule has 0 saturated carbocycles. The minimum absolute atomic E-state index is 0.0330. The predicted molar refractivity (Wildman–Crippen MR) is 105 cm³/mol. The van der Waals surface area contributed by atoms with Gasteiger partial charge >= 0.3 is 6.18 Å². The minimum atomic E-state index is -4.28. The van der Waals surface area contributed by atoms with Crippen LogP contribution in [0.25, 0.3) is 0 Å². The van der Waals surface area contributed by atoms with Gasteiger partial charge in [-0.2, -0.15) is 13.2 Å². The second-order valence-corrected chi connectivity index (χ2v) is 8.49. The fraction of sp³-hybridized carbons (Fsp3) is 0.524. The van der Waals surface area contributed by atoms with Crippen molar-refractivity contribution in [2.75, 3.05) is 19.6 Å². The number of piperidine rings is 2. The summed E-state index contributed by atoms with van der Waals surface area (Å²) < 4.78 is 39.6. The predicted octanol–water partition coefficient (Wildman–Crippen LogP) is 1.05. The molecule has 2 saturated heterocycles. The van der Waals surface area contributed by atoms with E-state index >= 15 is 0 Å². The number of nitrogens with two attached hydrogens (primary N) is 1. The van der Waals surface area contributed by atoms with E-state index in [2.05, 4.69) is 5.32 Å². The molecule has 3 atom stereocenters. The topological polar surface area (TPSA) is 113 Å². The average molecular weight is 452 g/mol. The summed E-state index contributed by atoms with van der Waals surface area (Å²) in [6, 6.07) is 3.66. The van der Waals surface area contributed by atoms with Crippen LogP contribution in [0.2, 0.25) is 0 Å². The third-order valence-electron chi connectivity index (χ3n) is 6.45. The van der Waals surface area contributed by atoms with Crippen LogP contribution in [0.1, 0.15) is 45.5 Å². The van der Waals surface area contributed by atoms with Gasteiger partial charge in [0.1, 0.15) is 6.04 Å². The van der Waals surface area contributed by atoms with Gasteiger partial charge < -0.3 is 5.73 Å². The number of fused-ring (bicyclic) bond motifs is 1. The first-order chi connectivity index (χ1) is 15.1. The van der Waals surface area contributed by atoms with Gasteiger partial charge in [0, 0.05) is 19.5 Å². The third-order valence-corrected chi connectivity index (χ3v) is 6.45. The van der Waals surface area contributed by atoms with Gasteiger partial charge in [-0.25, -0.2) is 0 Å². The molecule has 1 aromatic carbocycles. The average Bonchev–Trinajstić information content (AvgIpc) is 2.97. The SMILES string of the molecule is NCC1CN(Cc2ccc3c(c2)C(=O)N(C2CCC(=O)NC2=O)C3=O)CCC1C(F)(F)F. The van der Waals surface area contributed by atoms with E-state index in [0.29, 0.717) is 12.1 Å². The van der Waals surface area contributed by atoms with Crippen molar-refractivity contribution in [1.82, 2.24) is 15.1 Å². The molecule has 172 valence electrons. The Morgan fingerprint density at radius 1 is 1.06 bits per heavy atom. The van der Waals surface area contributed by atoms with Crippen LogP contribution in [-0.2, 0) is 16.1 Å². The molecule has 4 rings (SSSR count). The normalized spacial score (nSPS) is 27.0. The molecule has 3 N–H and O–H groups in total. The highest BCUT2D eigenvalue weighted by Gasteiger charge is 2.47. The van der Waals surface area contributed by atoms with Gasteiger partial charge in [0.05, 0.1) is 17.0 Å². The van der Waals surface area contributed by atoms with Gasteiger partial charge in [-0.15, -0.1) is 0 Å². The van der Waals surface area contributed by atoms with Gasteiger partial charge in [-0.05, 0) is 49.5 Å². The van der Waals surface area contributed by atoms with E-state index in [9.17, 15) is 32.3 Å². The summed E-state index contributed by atoms with van der Waals surface area (Å²) in [5.41, 5.74) is 6.58. The van der Waals surface area contributed by atoms with Crippen LogP contribution in [0.4, 0.5) is 13.2 Å². The van der Waals surface area contributed by atoms with Gasteiger partial charge in [0.25, 0.3) is 11.8 Å². The van der Waals surface area contributed by atoms with Crippen LogP contribution >= 0.6 is 0 Å². The maximum atomic E-state index is 13.2. The van der Waals surface area contributed by atoms with Crippen molar-refractivity contribution in [1.29, 1.82) is 0 Å². The number of amides is 4. The number of benzene rings is 1. The maximum Gasteiger partial charge on any atom is 0.392 e. The highest BCUT2D eigenvalue weighted by Crippen LogP contribution is 2.38. The number of carbonyl (C=O) groups is 4. The summed E-state index contributed by atoms with van der Waals surface area (Å²) in [4.78, 5) is 51.9. The molecule has 3 heterocycles. The molecule has 1 aromatic rings. The number of rotatable bonds is 4. The van der Waals surface area contributed by atoms with Crippen molar-refractivity contribution in [3.05, 3.63) is 34.9 Å². The number of hydrogen-bond acceptors (Lipinski definition) is 6. The number of carbonyl (C=O) groups excluding carboxylic acids is 4. The first kappa shape index (κ1) is 22.4. The Labute approximate surface area is 181 Å². The van der Waals surface area contributed by atoms with Gasteiger partial charge in [0.15, 0.2) is 0 Å². The Kier molecular flexibility index (Phi) is 5.80. The Hall–Kier alpha value is -2.79. The van der Waals surface area contributed by atoms with Crippen LogP contribution in [0.15, 0.2) is 18.2 Å². The smallest absolute Gasteiger partial charge is 0.330 e. The molecule has 0 aromatic heterocycles. The van der Waals surface area contributed by atoms with Crippen LogP contribution in [0.5, 0.6) is 0 Å². The van der Waals surface area contributed by atoms with Crippen LogP contribution < -0.4 is 11.1 Å². The lowest BCUT2D eigenvalue weighted by Crippen LogP contribution is -2.54. The molecule has 4 amide bonds. The molecule has 0 bridgehead atoms. The summed E-state index contributed by atoms with van der Waals surface area (Å²) in [5, 5.41) is 2.14. The Morgan fingerprint density at radius 2 is 1.78 bits per heavy atom. The van der Waals surface area contributed by atoms with Gasteiger partial charge in [0.2, 0.25) is 11.8 Å². The lowest BCUT2D eigenvalue weighted by atomic mass is 9.84. The van der Waals surface area contributed by atoms with E-state index in [1.807, 2.05) is 4.90 Å². The van der Waals surface area contributed by atoms with Crippen molar-refractivity contribution in [3.63, 3.8) is 0 Å². The largest absolute Gasteiger partial charge is 0.392 e. The van der Waals surface area contributed by atoms with Crippen molar-refractivity contribution in [3.8, 4) is 0 Å². The quantitative estimate of drug-likeness (QED) is 0.661. The summed E-state index contributed by atoms with van der Waals surface area (Å²) in [5.74, 6) is -4.47. The molecule has 3 aliphatic rings. The van der Waals surface area contributed by atoms with Crippen LogP contribution in [-0.4, -0.2) is 65.3 Å². The second kappa shape index (κ2) is 8.28. The molecule has 32 heavy (non-hydrogen) atoms. The van der Waals surface area contributed by atoms with Crippen molar-refractivity contribution in [2.45, 2.75) is 38.0 Å². The lowest BCUT2D eigenvalue weighted by molar-refractivity contribution is -0.199. The second-order valence-electron chi connectivity index (χ2n) is 8.49. The standard InChI is InChI=1S/C21H23F3N4O4/c22-21(23,24)15-5-6-27(10-12(15)8-25)9-11-1-2-13-14(7-11)20(32)28(19(13)31)16-3-4-17(29)26-18(16)30/h1-2,7,12,15-16H,3-6,8-10,25H2,(H,26,29,30). The number of likely N-dealkylation sites (tertiary alicyclic amines) is 1. The monoisotopic (exact) mass is 452 g/mol. The number of alkyl halides is 3. The first-order valence-electron chi connectivity index (χ1n) is 10.4. The minimum Gasteiger partial charge on any atom is -0.330 e. The van der Waals surface area contributed by atoms with E-state index in [1.165, 1.54) is 6.07 Å². The summed E-state index contributed by atoms with van der Waals surface area (Å²) >= 11 is 0. The number of nitrogens with one attached hydrogen (secondary N) is 1. The molecule has 0 spiro atoms. The maximum absolute atomic E-state index is 13.2. The number of halogens is 3. The van der Waals surface area contributed by atoms with Gasteiger partial charge in [-0.3, -0.25) is 34.3 Å². The summed E-state index contributed by atoms with van der Waals surface area (Å²) in [6.45, 7) is 0.674. The molecule has 11 heteroatoms. The zero-order valence-electron chi connectivity index (χ0n) is 17.2. The Balaban J connectivity index is 1.49. The van der Waals surface area contributed by atoms with Crippen molar-refractivity contribution >= 4 is 23.6 Å². The van der Waals surface area contributed by atoms with E-state index in [1.54, 1.807) is 12.1 Å². The van der Waals surface area contributed by atoms with E-state index in [4.69, 9.17) is 5.73 Å². The molecule has 2 fully saturated rings. The van der Waals surface area contributed by atoms with Crippen molar-refractivity contribution in [2.24, 2.45) is 17.6 Å². The fourth-order valence-corrected chi connectivity index (χ4v) is 4.80.